The molecule has 0 saturated heterocycles. The van der Waals surface area contributed by atoms with Gasteiger partial charge in [0.15, 0.2) is 11.5 Å². The SMILES string of the molecule is C/C(=N\O)c1ccc2nnc([C@H](C)c3c(F)cc4ncc(C(C)(C)O)cc4c3F)n2n1. The van der Waals surface area contributed by atoms with Gasteiger partial charge in [0, 0.05) is 34.7 Å². The maximum atomic E-state index is 15.5. The smallest absolute Gasteiger partial charge is 0.177 e. The second-order valence-electron chi connectivity index (χ2n) is 7.89. The van der Waals surface area contributed by atoms with Crippen molar-refractivity contribution in [3.63, 3.8) is 0 Å². The van der Waals surface area contributed by atoms with E-state index >= 15 is 4.39 Å². The first-order valence-corrected chi connectivity index (χ1v) is 9.53. The van der Waals surface area contributed by atoms with Gasteiger partial charge in [-0.1, -0.05) is 12.1 Å². The molecule has 3 aromatic heterocycles. The van der Waals surface area contributed by atoms with E-state index in [1.165, 1.54) is 16.8 Å². The molecule has 31 heavy (non-hydrogen) atoms. The highest BCUT2D eigenvalue weighted by Crippen LogP contribution is 2.33. The number of halogens is 2. The van der Waals surface area contributed by atoms with E-state index in [1.807, 2.05) is 0 Å². The number of aromatic nitrogens is 5. The Morgan fingerprint density at radius 1 is 1.19 bits per heavy atom. The van der Waals surface area contributed by atoms with Gasteiger partial charge in [-0.15, -0.1) is 10.2 Å². The number of oxime groups is 1. The fraction of sp³-hybridized carbons (Fsp3) is 0.286. The Kier molecular flexibility index (Phi) is 4.89. The largest absolute Gasteiger partial charge is 0.411 e. The van der Waals surface area contributed by atoms with Gasteiger partial charge < -0.3 is 10.3 Å². The third-order valence-electron chi connectivity index (χ3n) is 5.25. The summed E-state index contributed by atoms with van der Waals surface area (Å²) in [5, 5.41) is 34.9. The molecule has 4 aromatic rings. The average Bonchev–Trinajstić information content (AvgIpc) is 3.15. The van der Waals surface area contributed by atoms with Gasteiger partial charge in [0.1, 0.15) is 23.0 Å². The molecular weight excluding hydrogens is 406 g/mol. The Bertz CT molecular complexity index is 1340. The molecule has 0 aliphatic carbocycles. The van der Waals surface area contributed by atoms with Crippen LogP contribution in [-0.2, 0) is 5.60 Å². The Hall–Kier alpha value is -3.53. The first-order valence-electron chi connectivity index (χ1n) is 9.53. The molecule has 160 valence electrons. The highest BCUT2D eigenvalue weighted by Gasteiger charge is 2.27. The number of nitrogens with zero attached hydrogens (tertiary/aromatic N) is 6. The van der Waals surface area contributed by atoms with Crippen LogP contribution >= 0.6 is 0 Å². The molecule has 1 aromatic carbocycles. The number of fused-ring (bicyclic) bond motifs is 2. The number of hydrogen-bond donors (Lipinski definition) is 2. The zero-order chi connectivity index (χ0) is 22.5. The van der Waals surface area contributed by atoms with Crippen LogP contribution in [0, 0.1) is 11.6 Å². The summed E-state index contributed by atoms with van der Waals surface area (Å²) >= 11 is 0. The zero-order valence-corrected chi connectivity index (χ0v) is 17.3. The second-order valence-corrected chi connectivity index (χ2v) is 7.89. The Balaban J connectivity index is 1.90. The fourth-order valence-electron chi connectivity index (χ4n) is 3.39. The molecule has 3 heterocycles. The van der Waals surface area contributed by atoms with Gasteiger partial charge in [0.05, 0.1) is 11.1 Å². The van der Waals surface area contributed by atoms with Gasteiger partial charge in [-0.3, -0.25) is 4.98 Å². The molecule has 0 aliphatic rings. The molecule has 0 unspecified atom stereocenters. The summed E-state index contributed by atoms with van der Waals surface area (Å²) in [6, 6.07) is 5.84. The quantitative estimate of drug-likeness (QED) is 0.294. The number of rotatable bonds is 4. The molecule has 10 heteroatoms. The zero-order valence-electron chi connectivity index (χ0n) is 17.3. The van der Waals surface area contributed by atoms with Crippen LogP contribution in [0.5, 0.6) is 0 Å². The number of aliphatic hydroxyl groups is 1. The summed E-state index contributed by atoms with van der Waals surface area (Å²) in [5.41, 5.74) is 0.107. The molecule has 0 radical (unpaired) electrons. The average molecular weight is 426 g/mol. The van der Waals surface area contributed by atoms with E-state index in [4.69, 9.17) is 5.21 Å². The molecule has 0 fully saturated rings. The van der Waals surface area contributed by atoms with Crippen molar-refractivity contribution < 1.29 is 19.1 Å². The van der Waals surface area contributed by atoms with E-state index < -0.39 is 23.2 Å². The molecular formula is C21H20F2N6O2. The molecule has 0 amide bonds. The van der Waals surface area contributed by atoms with Crippen LogP contribution in [-0.4, -0.2) is 40.8 Å². The lowest BCUT2D eigenvalue weighted by atomic mass is 9.94. The van der Waals surface area contributed by atoms with Crippen LogP contribution in [0.4, 0.5) is 8.78 Å². The second kappa shape index (κ2) is 7.31. The maximum Gasteiger partial charge on any atom is 0.177 e. The summed E-state index contributed by atoms with van der Waals surface area (Å²) < 4.78 is 31.8. The highest BCUT2D eigenvalue weighted by molar-refractivity contribution is 5.96. The summed E-state index contributed by atoms with van der Waals surface area (Å²) in [7, 11) is 0. The van der Waals surface area contributed by atoms with Crippen LogP contribution in [0.2, 0.25) is 0 Å². The third-order valence-corrected chi connectivity index (χ3v) is 5.25. The van der Waals surface area contributed by atoms with Crippen LogP contribution in [0.1, 0.15) is 56.3 Å². The predicted molar refractivity (Wildman–Crippen MR) is 109 cm³/mol. The summed E-state index contributed by atoms with van der Waals surface area (Å²) in [5.74, 6) is -2.20. The van der Waals surface area contributed by atoms with E-state index in [9.17, 15) is 9.50 Å². The molecule has 2 N–H and O–H groups in total. The molecule has 0 saturated carbocycles. The molecule has 4 rings (SSSR count). The van der Waals surface area contributed by atoms with Crippen molar-refractivity contribution in [2.45, 2.75) is 39.2 Å². The van der Waals surface area contributed by atoms with Crippen LogP contribution in [0.25, 0.3) is 16.6 Å². The normalized spacial score (nSPS) is 13.8. The molecule has 1 atom stereocenters. The summed E-state index contributed by atoms with van der Waals surface area (Å²) in [4.78, 5) is 4.10. The van der Waals surface area contributed by atoms with E-state index in [1.54, 1.807) is 39.8 Å². The van der Waals surface area contributed by atoms with Crippen molar-refractivity contribution in [1.29, 1.82) is 0 Å². The van der Waals surface area contributed by atoms with E-state index in [0.717, 1.165) is 6.07 Å². The van der Waals surface area contributed by atoms with Gasteiger partial charge in [0.25, 0.3) is 0 Å². The van der Waals surface area contributed by atoms with Gasteiger partial charge in [-0.05, 0) is 39.0 Å². The van der Waals surface area contributed by atoms with Gasteiger partial charge >= 0.3 is 0 Å². The van der Waals surface area contributed by atoms with Crippen LogP contribution < -0.4 is 0 Å². The van der Waals surface area contributed by atoms with Crippen molar-refractivity contribution >= 4 is 22.3 Å². The lowest BCUT2D eigenvalue weighted by molar-refractivity contribution is 0.0784. The standard InChI is InChI=1S/C21H20F2N6O2/c1-10(20-26-25-17-6-5-15(11(2)28-31)27-29(17)20)18-14(22)8-16-13(19(18)23)7-12(9-24-16)21(3,4)30/h5-10,30-31H,1-4H3/b28-11+/t10-/m1/s1. The lowest BCUT2D eigenvalue weighted by Crippen LogP contribution is -2.16. The number of hydrogen-bond acceptors (Lipinski definition) is 7. The maximum absolute atomic E-state index is 15.5. The summed E-state index contributed by atoms with van der Waals surface area (Å²) in [6.45, 7) is 6.28. The van der Waals surface area contributed by atoms with Crippen molar-refractivity contribution in [1.82, 2.24) is 24.8 Å². The minimum Gasteiger partial charge on any atom is -0.411 e. The first-order chi connectivity index (χ1) is 14.6. The first kappa shape index (κ1) is 20.7. The predicted octanol–water partition coefficient (Wildman–Crippen LogP) is 3.53. The Labute approximate surface area is 175 Å². The van der Waals surface area contributed by atoms with E-state index in [-0.39, 0.29) is 28.0 Å². The molecule has 0 spiro atoms. The van der Waals surface area contributed by atoms with Crippen molar-refractivity contribution in [3.8, 4) is 0 Å². The van der Waals surface area contributed by atoms with E-state index in [2.05, 4.69) is 25.4 Å². The van der Waals surface area contributed by atoms with Crippen molar-refractivity contribution in [2.24, 2.45) is 5.16 Å². The Morgan fingerprint density at radius 3 is 2.61 bits per heavy atom. The van der Waals surface area contributed by atoms with Gasteiger partial charge in [-0.2, -0.15) is 9.61 Å². The number of pyridine rings is 1. The Morgan fingerprint density at radius 2 is 1.94 bits per heavy atom. The van der Waals surface area contributed by atoms with Crippen LogP contribution in [0.15, 0.2) is 35.6 Å². The van der Waals surface area contributed by atoms with Crippen molar-refractivity contribution in [2.75, 3.05) is 0 Å². The minimum atomic E-state index is -1.23. The van der Waals surface area contributed by atoms with Crippen molar-refractivity contribution in [3.05, 3.63) is 64.7 Å². The minimum absolute atomic E-state index is 0.0913. The topological polar surface area (TPSA) is 109 Å². The fourth-order valence-corrected chi connectivity index (χ4v) is 3.39. The van der Waals surface area contributed by atoms with Crippen LogP contribution in [0.3, 0.4) is 0 Å². The van der Waals surface area contributed by atoms with Gasteiger partial charge in [-0.25, -0.2) is 8.78 Å². The monoisotopic (exact) mass is 426 g/mol. The molecule has 0 aliphatic heterocycles. The molecule has 0 bridgehead atoms. The lowest BCUT2D eigenvalue weighted by Gasteiger charge is -2.19. The third kappa shape index (κ3) is 3.48. The van der Waals surface area contributed by atoms with E-state index in [0.29, 0.717) is 16.9 Å². The van der Waals surface area contributed by atoms with Gasteiger partial charge in [0.2, 0.25) is 0 Å². The molecule has 8 nitrogen and oxygen atoms in total. The number of benzene rings is 1. The highest BCUT2D eigenvalue weighted by atomic mass is 19.1. The summed E-state index contributed by atoms with van der Waals surface area (Å²) in [6.07, 6.45) is 1.40.